The lowest BCUT2D eigenvalue weighted by molar-refractivity contribution is -0.125. The Bertz CT molecular complexity index is 758. The minimum Gasteiger partial charge on any atom is -0.355 e. The molecule has 1 aromatic carbocycles. The summed E-state index contributed by atoms with van der Waals surface area (Å²) < 4.78 is 27.8. The molecule has 1 saturated heterocycles. The number of halogens is 1. The fraction of sp³-hybridized carbons (Fsp3) is 0.650. The Morgan fingerprint density at radius 2 is 1.89 bits per heavy atom. The third-order valence-corrected chi connectivity index (χ3v) is 9.24. The Kier molecular flexibility index (Phi) is 8.26. The molecule has 1 aliphatic heterocycles. The van der Waals surface area contributed by atoms with Crippen LogP contribution in [0.15, 0.2) is 28.7 Å². The van der Waals surface area contributed by atoms with Crippen LogP contribution < -0.4 is 5.32 Å². The number of carbonyl (C=O) groups is 1. The van der Waals surface area contributed by atoms with Crippen molar-refractivity contribution in [2.75, 3.05) is 25.4 Å². The summed E-state index contributed by atoms with van der Waals surface area (Å²) in [6.07, 6.45) is 6.50. The first kappa shape index (κ1) is 22.1. The zero-order valence-electron chi connectivity index (χ0n) is 16.1. The number of hydrogen-bond acceptors (Lipinski definition) is 4. The number of benzene rings is 1. The second kappa shape index (κ2) is 10.5. The van der Waals surface area contributed by atoms with E-state index >= 15 is 0 Å². The Labute approximate surface area is 181 Å². The Hall–Kier alpha value is -0.570. The number of sulfonamides is 1. The fourth-order valence-corrected chi connectivity index (χ4v) is 7.14. The molecule has 5 nitrogen and oxygen atoms in total. The maximum atomic E-state index is 12.7. The summed E-state index contributed by atoms with van der Waals surface area (Å²) in [5, 5.41) is 3.82. The van der Waals surface area contributed by atoms with Crippen molar-refractivity contribution in [1.29, 1.82) is 0 Å². The number of amides is 1. The predicted octanol–water partition coefficient (Wildman–Crippen LogP) is 3.78. The molecule has 2 aliphatic rings. The molecule has 2 fully saturated rings. The molecule has 1 aliphatic carbocycles. The Balaban J connectivity index is 1.39. The lowest BCUT2D eigenvalue weighted by Gasteiger charge is -2.30. The summed E-state index contributed by atoms with van der Waals surface area (Å²) in [4.78, 5) is 12.4. The van der Waals surface area contributed by atoms with Crippen molar-refractivity contribution in [1.82, 2.24) is 9.62 Å². The van der Waals surface area contributed by atoms with Gasteiger partial charge in [0.25, 0.3) is 0 Å². The SMILES string of the molecule is O=C(NCCSC1CCCC1)C1CCN(S(=O)(=O)Cc2cccc(Br)c2)CC1. The average Bonchev–Trinajstić information content (AvgIpc) is 3.18. The van der Waals surface area contributed by atoms with Gasteiger partial charge in [0.05, 0.1) is 5.75 Å². The summed E-state index contributed by atoms with van der Waals surface area (Å²) in [6, 6.07) is 7.39. The molecule has 156 valence electrons. The van der Waals surface area contributed by atoms with Crippen molar-refractivity contribution in [3.63, 3.8) is 0 Å². The van der Waals surface area contributed by atoms with Gasteiger partial charge in [-0.2, -0.15) is 11.8 Å². The first-order valence-electron chi connectivity index (χ1n) is 10.1. The molecule has 1 saturated carbocycles. The van der Waals surface area contributed by atoms with E-state index in [0.717, 1.165) is 21.0 Å². The molecule has 0 aromatic heterocycles. The van der Waals surface area contributed by atoms with Crippen LogP contribution in [0.4, 0.5) is 0 Å². The molecule has 1 aromatic rings. The maximum absolute atomic E-state index is 12.7. The second-order valence-corrected chi connectivity index (χ2v) is 11.9. The zero-order valence-corrected chi connectivity index (χ0v) is 19.3. The highest BCUT2D eigenvalue weighted by atomic mass is 79.9. The van der Waals surface area contributed by atoms with Crippen LogP contribution >= 0.6 is 27.7 Å². The van der Waals surface area contributed by atoms with Crippen LogP contribution in [-0.2, 0) is 20.6 Å². The van der Waals surface area contributed by atoms with Crippen LogP contribution in [0.25, 0.3) is 0 Å². The molecule has 1 N–H and O–H groups in total. The van der Waals surface area contributed by atoms with E-state index < -0.39 is 10.0 Å². The molecule has 0 spiro atoms. The molecule has 28 heavy (non-hydrogen) atoms. The van der Waals surface area contributed by atoms with Crippen molar-refractivity contribution in [2.45, 2.75) is 49.5 Å². The van der Waals surface area contributed by atoms with Crippen LogP contribution in [-0.4, -0.2) is 49.3 Å². The van der Waals surface area contributed by atoms with Crippen LogP contribution in [0.1, 0.15) is 44.1 Å². The van der Waals surface area contributed by atoms with E-state index in [4.69, 9.17) is 0 Å². The van der Waals surface area contributed by atoms with Crippen LogP contribution in [0.5, 0.6) is 0 Å². The first-order chi connectivity index (χ1) is 13.4. The highest BCUT2D eigenvalue weighted by molar-refractivity contribution is 9.10. The molecule has 1 heterocycles. The van der Waals surface area contributed by atoms with Crippen molar-refractivity contribution in [3.05, 3.63) is 34.3 Å². The number of nitrogens with zero attached hydrogens (tertiary/aromatic N) is 1. The highest BCUT2D eigenvalue weighted by Crippen LogP contribution is 2.29. The predicted molar refractivity (Wildman–Crippen MR) is 119 cm³/mol. The lowest BCUT2D eigenvalue weighted by atomic mass is 9.97. The van der Waals surface area contributed by atoms with E-state index in [9.17, 15) is 13.2 Å². The van der Waals surface area contributed by atoms with Crippen LogP contribution in [0.3, 0.4) is 0 Å². The molecule has 1 amide bonds. The van der Waals surface area contributed by atoms with E-state index in [0.29, 0.717) is 32.5 Å². The van der Waals surface area contributed by atoms with Gasteiger partial charge in [0, 0.05) is 41.0 Å². The van der Waals surface area contributed by atoms with E-state index in [1.807, 2.05) is 36.0 Å². The van der Waals surface area contributed by atoms with Gasteiger partial charge in [0.15, 0.2) is 0 Å². The summed E-state index contributed by atoms with van der Waals surface area (Å²) in [6.45, 7) is 1.55. The van der Waals surface area contributed by atoms with E-state index in [1.54, 1.807) is 0 Å². The largest absolute Gasteiger partial charge is 0.355 e. The molecule has 0 unspecified atom stereocenters. The number of carbonyl (C=O) groups excluding carboxylic acids is 1. The quantitative estimate of drug-likeness (QED) is 0.565. The number of piperidine rings is 1. The van der Waals surface area contributed by atoms with Gasteiger partial charge < -0.3 is 5.32 Å². The lowest BCUT2D eigenvalue weighted by Crippen LogP contribution is -2.43. The van der Waals surface area contributed by atoms with Crippen molar-refractivity contribution in [3.8, 4) is 0 Å². The maximum Gasteiger partial charge on any atom is 0.223 e. The Morgan fingerprint density at radius 1 is 1.18 bits per heavy atom. The summed E-state index contributed by atoms with van der Waals surface area (Å²) in [7, 11) is -3.36. The summed E-state index contributed by atoms with van der Waals surface area (Å²) in [5.74, 6) is 0.975. The smallest absolute Gasteiger partial charge is 0.223 e. The topological polar surface area (TPSA) is 66.5 Å². The van der Waals surface area contributed by atoms with Gasteiger partial charge in [-0.1, -0.05) is 40.9 Å². The molecular formula is C20H29BrN2O3S2. The number of rotatable bonds is 8. The van der Waals surface area contributed by atoms with Gasteiger partial charge in [-0.15, -0.1) is 0 Å². The average molecular weight is 490 g/mol. The molecule has 8 heteroatoms. The van der Waals surface area contributed by atoms with E-state index in [2.05, 4.69) is 21.2 Å². The normalized spacial score (nSPS) is 19.8. The van der Waals surface area contributed by atoms with Gasteiger partial charge >= 0.3 is 0 Å². The minimum absolute atomic E-state index is 0.00168. The van der Waals surface area contributed by atoms with Crippen LogP contribution in [0, 0.1) is 5.92 Å². The van der Waals surface area contributed by atoms with Gasteiger partial charge in [-0.3, -0.25) is 4.79 Å². The van der Waals surface area contributed by atoms with E-state index in [-0.39, 0.29) is 17.6 Å². The molecule has 0 bridgehead atoms. The summed E-state index contributed by atoms with van der Waals surface area (Å²) in [5.41, 5.74) is 0.772. The fourth-order valence-electron chi connectivity index (χ4n) is 3.92. The van der Waals surface area contributed by atoms with Gasteiger partial charge in [0.2, 0.25) is 15.9 Å². The Morgan fingerprint density at radius 3 is 2.57 bits per heavy atom. The molecular weight excluding hydrogens is 460 g/mol. The number of nitrogens with one attached hydrogen (secondary N) is 1. The van der Waals surface area contributed by atoms with Gasteiger partial charge in [0.1, 0.15) is 0 Å². The van der Waals surface area contributed by atoms with Crippen molar-refractivity contribution in [2.24, 2.45) is 5.92 Å². The molecule has 0 radical (unpaired) electrons. The molecule has 0 atom stereocenters. The van der Waals surface area contributed by atoms with Crippen molar-refractivity contribution >= 4 is 43.6 Å². The van der Waals surface area contributed by atoms with E-state index in [1.165, 1.54) is 30.0 Å². The van der Waals surface area contributed by atoms with Crippen LogP contribution in [0.2, 0.25) is 0 Å². The second-order valence-electron chi connectivity index (χ2n) is 7.63. The third-order valence-electron chi connectivity index (χ3n) is 5.51. The van der Waals surface area contributed by atoms with Gasteiger partial charge in [-0.25, -0.2) is 12.7 Å². The number of hydrogen-bond donors (Lipinski definition) is 1. The first-order valence-corrected chi connectivity index (χ1v) is 13.5. The third kappa shape index (κ3) is 6.47. The standard InChI is InChI=1S/C20H29BrN2O3S2/c21-18-5-3-4-16(14-18)15-28(25,26)23-11-8-17(9-12-23)20(24)22-10-13-27-19-6-1-2-7-19/h3-5,14,17,19H,1-2,6-13,15H2,(H,22,24). The molecule has 3 rings (SSSR count). The zero-order chi connectivity index (χ0) is 20.0. The number of thioether (sulfide) groups is 1. The van der Waals surface area contributed by atoms with Crippen molar-refractivity contribution < 1.29 is 13.2 Å². The van der Waals surface area contributed by atoms with Gasteiger partial charge in [-0.05, 0) is 43.4 Å². The summed E-state index contributed by atoms with van der Waals surface area (Å²) >= 11 is 5.35. The monoisotopic (exact) mass is 488 g/mol. The highest BCUT2D eigenvalue weighted by Gasteiger charge is 2.31. The minimum atomic E-state index is -3.36.